The number of ether oxygens (including phenoxy) is 5. The molecule has 4 aromatic heterocycles. The quantitative estimate of drug-likeness (QED) is 0.0271. The van der Waals surface area contributed by atoms with Crippen LogP contribution in [0.2, 0.25) is 0 Å². The van der Waals surface area contributed by atoms with E-state index in [1.54, 1.807) is 0 Å². The number of carbonyl (C=O) groups is 1. The molecule has 0 saturated carbocycles. The van der Waals surface area contributed by atoms with Crippen LogP contribution in [0, 0.1) is 23.3 Å². The molecule has 26 nitrogen and oxygen atoms in total. The molecular weight excluding hydrogens is 1060 g/mol. The SMILES string of the molecule is CCCC(=O)OC[C@@H]1O[C@H](n2cc(F)c(N)nc2=O)CS1.CCCOOC[C@H]1O[C@@H](c2[nH]c(=O)nc(N)c2F)CS1.Nc1nc(=O)[nH]c([C@H]2CS[C@@H](CO)O2)c1F.Nc1nc(=O)n([C@@H]2CS[C@H](CO)O2)cc1F. The van der Waals surface area contributed by atoms with E-state index in [0.29, 0.717) is 42.5 Å². The van der Waals surface area contributed by atoms with Gasteiger partial charge in [0, 0.05) is 29.4 Å². The van der Waals surface area contributed by atoms with Crippen LogP contribution in [-0.2, 0) is 38.3 Å². The maximum Gasteiger partial charge on any atom is 0.351 e. The standard InChI is InChI=1S/C12H16FN3O4S.C11H16FN3O4S.2C8H10FN3O3S/c1-2-3-9(17)19-5-10-20-8(6-21-10)16-4-7(13)11(14)15-12(16)18;1-2-3-17-18-4-7-19-6(5-20-7)9-8(12)10(13)15-11(16)14-9;9-4-1-12(8(14)11-7(4)10)5-3-16-6(2-13)15-5;9-5-6(11-8(14)12-7(5)10)3-2-16-4(1-13)15-3/h4,8,10H,2-3,5-6H2,1H3,(H2,14,15,18);6-7H,2-5H2,1H3,(H3,13,14,15,16);1,5-6,13H,2-3H2,(H2,10,11,14);3-4,13H,1-2H2,(H3,10,11,12,14)/t8-,10+;6-,7+;5-,6+;3-,4+/m0101/s1. The Bertz CT molecular complexity index is 2720. The Morgan fingerprint density at radius 1 is 0.644 bits per heavy atom. The molecule has 4 fully saturated rings. The second-order valence-corrected chi connectivity index (χ2v) is 19.8. The van der Waals surface area contributed by atoms with Gasteiger partial charge in [-0.2, -0.15) is 19.9 Å². The third kappa shape index (κ3) is 17.0. The third-order valence-electron chi connectivity index (χ3n) is 9.66. The van der Waals surface area contributed by atoms with Gasteiger partial charge in [-0.25, -0.2) is 46.5 Å². The Morgan fingerprint density at radius 3 is 1.55 bits per heavy atom. The van der Waals surface area contributed by atoms with Crippen LogP contribution in [0.4, 0.5) is 40.8 Å². The van der Waals surface area contributed by atoms with E-state index in [1.807, 2.05) is 13.8 Å². The third-order valence-corrected chi connectivity index (χ3v) is 14.1. The molecule has 0 aromatic carbocycles. The zero-order chi connectivity index (χ0) is 53.4. The summed E-state index contributed by atoms with van der Waals surface area (Å²) >= 11 is 5.52. The van der Waals surface area contributed by atoms with Crippen molar-refractivity contribution < 1.29 is 66.0 Å². The summed E-state index contributed by atoms with van der Waals surface area (Å²) in [6.45, 7) is 4.37. The highest BCUT2D eigenvalue weighted by Crippen LogP contribution is 2.37. The number of esters is 1. The highest BCUT2D eigenvalue weighted by molar-refractivity contribution is 8.00. The lowest BCUT2D eigenvalue weighted by Crippen LogP contribution is -2.30. The van der Waals surface area contributed by atoms with Gasteiger partial charge in [-0.15, -0.1) is 47.0 Å². The minimum absolute atomic E-state index is 0.0130. The monoisotopic (exact) mass is 1120 g/mol. The van der Waals surface area contributed by atoms with Gasteiger partial charge in [0.25, 0.3) is 0 Å². The number of rotatable bonds is 15. The molecule has 0 aliphatic carbocycles. The van der Waals surface area contributed by atoms with Gasteiger partial charge in [-0.3, -0.25) is 13.9 Å². The van der Waals surface area contributed by atoms with Crippen molar-refractivity contribution in [2.75, 3.05) is 79.0 Å². The van der Waals surface area contributed by atoms with E-state index in [-0.39, 0.29) is 54.7 Å². The summed E-state index contributed by atoms with van der Waals surface area (Å²) in [6, 6.07) is 0. The van der Waals surface area contributed by atoms with Gasteiger partial charge in [-0.1, -0.05) is 13.8 Å². The summed E-state index contributed by atoms with van der Waals surface area (Å²) in [6.07, 6.45) is 1.40. The van der Waals surface area contributed by atoms with Crippen LogP contribution in [0.25, 0.3) is 0 Å². The molecule has 0 unspecified atom stereocenters. The van der Waals surface area contributed by atoms with Crippen molar-refractivity contribution in [3.63, 3.8) is 0 Å². The molecule has 4 aliphatic rings. The number of hydrogen-bond acceptors (Lipinski definition) is 26. The van der Waals surface area contributed by atoms with Crippen molar-refractivity contribution in [1.82, 2.24) is 39.0 Å². The topological polar surface area (TPSA) is 388 Å². The molecule has 73 heavy (non-hydrogen) atoms. The first-order chi connectivity index (χ1) is 34.8. The summed E-state index contributed by atoms with van der Waals surface area (Å²) in [4.78, 5) is 84.3. The number of anilines is 4. The van der Waals surface area contributed by atoms with Gasteiger partial charge in [0.1, 0.15) is 59.6 Å². The summed E-state index contributed by atoms with van der Waals surface area (Å²) in [7, 11) is 0. The maximum atomic E-state index is 13.8. The van der Waals surface area contributed by atoms with E-state index < -0.39 is 105 Å². The van der Waals surface area contributed by atoms with Crippen LogP contribution in [0.15, 0.2) is 31.6 Å². The van der Waals surface area contributed by atoms with Gasteiger partial charge in [0.15, 0.2) is 46.5 Å². The molecular formula is C39H52F4N12O14S4. The average molecular weight is 1120 g/mol. The summed E-state index contributed by atoms with van der Waals surface area (Å²) < 4.78 is 82.7. The number of aliphatic hydroxyl groups is 2. The van der Waals surface area contributed by atoms with Crippen LogP contribution < -0.4 is 45.7 Å². The fourth-order valence-electron chi connectivity index (χ4n) is 6.20. The molecule has 0 radical (unpaired) electrons. The van der Waals surface area contributed by atoms with E-state index >= 15 is 0 Å². The Morgan fingerprint density at radius 2 is 1.08 bits per heavy atom. The van der Waals surface area contributed by atoms with Crippen LogP contribution in [0.5, 0.6) is 0 Å². The van der Waals surface area contributed by atoms with Crippen molar-refractivity contribution in [2.45, 2.75) is 79.5 Å². The number of nitrogens with two attached hydrogens (primary N) is 4. The molecule has 0 bridgehead atoms. The summed E-state index contributed by atoms with van der Waals surface area (Å²) in [5.41, 5.74) is 16.7. The highest BCUT2D eigenvalue weighted by atomic mass is 32.2. The number of aromatic amines is 2. The van der Waals surface area contributed by atoms with Crippen LogP contribution in [0.3, 0.4) is 0 Å². The molecule has 4 aliphatic heterocycles. The Labute approximate surface area is 427 Å². The molecule has 0 amide bonds. The van der Waals surface area contributed by atoms with E-state index in [1.165, 1.54) is 47.0 Å². The molecule has 12 N–H and O–H groups in total. The summed E-state index contributed by atoms with van der Waals surface area (Å²) in [5.74, 6) is -3.27. The van der Waals surface area contributed by atoms with Crippen molar-refractivity contribution in [3.8, 4) is 0 Å². The molecule has 4 saturated heterocycles. The van der Waals surface area contributed by atoms with Gasteiger partial charge in [0.05, 0.1) is 43.6 Å². The fraction of sp³-hybridized carbons (Fsp3) is 0.564. The number of hydrogen-bond donors (Lipinski definition) is 8. The number of halogens is 4. The Hall–Kier alpha value is -5.01. The van der Waals surface area contributed by atoms with Crippen molar-refractivity contribution >= 4 is 76.3 Å². The zero-order valence-electron chi connectivity index (χ0n) is 38.7. The largest absolute Gasteiger partial charge is 0.462 e. The lowest BCUT2D eigenvalue weighted by atomic mass is 10.2. The molecule has 8 heterocycles. The van der Waals surface area contributed by atoms with Gasteiger partial charge in [-0.05, 0) is 12.8 Å². The second kappa shape index (κ2) is 28.6. The Kier molecular flexibility index (Phi) is 23.1. The Balaban J connectivity index is 0.000000182. The minimum Gasteiger partial charge on any atom is -0.462 e. The van der Waals surface area contributed by atoms with Crippen molar-refractivity contribution in [2.24, 2.45) is 0 Å². The van der Waals surface area contributed by atoms with Crippen LogP contribution in [0.1, 0.15) is 69.2 Å². The lowest BCUT2D eigenvalue weighted by Gasteiger charge is -2.15. The van der Waals surface area contributed by atoms with Crippen molar-refractivity contribution in [3.05, 3.63) is 89.0 Å². The number of aliphatic hydroxyl groups excluding tert-OH is 2. The molecule has 404 valence electrons. The van der Waals surface area contributed by atoms with Gasteiger partial charge < -0.3 is 66.8 Å². The predicted octanol–water partition coefficient (Wildman–Crippen LogP) is 1.04. The first kappa shape index (κ1) is 58.9. The highest BCUT2D eigenvalue weighted by Gasteiger charge is 2.33. The minimum atomic E-state index is -0.777. The zero-order valence-corrected chi connectivity index (χ0v) is 42.0. The molecule has 0 spiro atoms. The number of nitrogens with zero attached hydrogens (tertiary/aromatic N) is 6. The maximum absolute atomic E-state index is 13.8. The first-order valence-electron chi connectivity index (χ1n) is 21.7. The van der Waals surface area contributed by atoms with E-state index in [0.717, 1.165) is 27.9 Å². The molecule has 8 atom stereocenters. The molecule has 34 heteroatoms. The van der Waals surface area contributed by atoms with E-state index in [9.17, 15) is 41.5 Å². The number of carbonyl (C=O) groups excluding carboxylic acids is 1. The van der Waals surface area contributed by atoms with Crippen LogP contribution in [-0.4, -0.2) is 133 Å². The number of thioether (sulfide) groups is 4. The second-order valence-electron chi connectivity index (χ2n) is 15.0. The number of H-pyrrole nitrogens is 2. The van der Waals surface area contributed by atoms with E-state index in [2.05, 4.69) is 29.9 Å². The number of aromatic nitrogens is 8. The molecule has 8 rings (SSSR count). The van der Waals surface area contributed by atoms with Crippen molar-refractivity contribution in [1.29, 1.82) is 0 Å². The predicted molar refractivity (Wildman–Crippen MR) is 259 cm³/mol. The lowest BCUT2D eigenvalue weighted by molar-refractivity contribution is -0.302. The average Bonchev–Trinajstić information content (AvgIpc) is 4.21. The number of nitrogens with one attached hydrogen (secondary N) is 2. The summed E-state index contributed by atoms with van der Waals surface area (Å²) in [5, 5.41) is 17.7. The smallest absolute Gasteiger partial charge is 0.351 e. The molecule has 4 aromatic rings. The first-order valence-corrected chi connectivity index (χ1v) is 25.9. The van der Waals surface area contributed by atoms with Gasteiger partial charge >= 0.3 is 28.7 Å². The number of nitrogen functional groups attached to an aromatic ring is 4. The normalized spacial score (nSPS) is 23.2. The van der Waals surface area contributed by atoms with E-state index in [4.69, 9.17) is 66.6 Å². The van der Waals surface area contributed by atoms with Gasteiger partial charge in [0.2, 0.25) is 0 Å². The fourth-order valence-corrected chi connectivity index (χ4v) is 10.1. The van der Waals surface area contributed by atoms with Crippen LogP contribution >= 0.6 is 47.0 Å².